The third-order valence-electron chi connectivity index (χ3n) is 1.86. The SMILES string of the molecule is CNCCCN/C(=C\NN)CCNC. The highest BCUT2D eigenvalue weighted by molar-refractivity contribution is 4.97. The summed E-state index contributed by atoms with van der Waals surface area (Å²) < 4.78 is 0. The highest BCUT2D eigenvalue weighted by atomic mass is 15.2. The van der Waals surface area contributed by atoms with Gasteiger partial charge in [0.05, 0.1) is 0 Å². The molecular formula is C9H23N5. The van der Waals surface area contributed by atoms with Crippen molar-refractivity contribution < 1.29 is 0 Å². The fraction of sp³-hybridized carbons (Fsp3) is 0.778. The summed E-state index contributed by atoms with van der Waals surface area (Å²) in [7, 11) is 3.90. The molecule has 0 radical (unpaired) electrons. The molecule has 0 amide bonds. The van der Waals surface area contributed by atoms with Crippen LogP contribution in [0, 0.1) is 0 Å². The molecule has 0 saturated carbocycles. The Labute approximate surface area is 86.5 Å². The number of hydrazine groups is 1. The van der Waals surface area contributed by atoms with E-state index in [9.17, 15) is 0 Å². The predicted octanol–water partition coefficient (Wildman–Crippen LogP) is -0.900. The van der Waals surface area contributed by atoms with Crippen LogP contribution in [0.15, 0.2) is 11.9 Å². The Bertz CT molecular complexity index is 146. The molecule has 0 atom stereocenters. The molecule has 0 heterocycles. The standard InChI is InChI=1S/C9H23N5/c1-11-5-3-6-13-9(8-14-10)4-7-12-2/h8,11-14H,3-7,10H2,1-2H3/b9-8-. The molecule has 0 aromatic heterocycles. The van der Waals surface area contributed by atoms with Gasteiger partial charge in [-0.25, -0.2) is 0 Å². The molecule has 0 aromatic rings. The van der Waals surface area contributed by atoms with Crippen LogP contribution in [-0.4, -0.2) is 33.7 Å². The zero-order valence-corrected chi connectivity index (χ0v) is 9.19. The molecular weight excluding hydrogens is 178 g/mol. The Morgan fingerprint density at radius 2 is 1.86 bits per heavy atom. The van der Waals surface area contributed by atoms with Crippen molar-refractivity contribution in [2.75, 3.05) is 33.7 Å². The van der Waals surface area contributed by atoms with Gasteiger partial charge in [0.25, 0.3) is 0 Å². The van der Waals surface area contributed by atoms with Gasteiger partial charge in [0.15, 0.2) is 0 Å². The molecule has 0 fully saturated rings. The molecule has 14 heavy (non-hydrogen) atoms. The largest absolute Gasteiger partial charge is 0.387 e. The zero-order chi connectivity index (χ0) is 10.6. The summed E-state index contributed by atoms with van der Waals surface area (Å²) in [6.45, 7) is 2.95. The lowest BCUT2D eigenvalue weighted by atomic mass is 10.3. The van der Waals surface area contributed by atoms with Crippen molar-refractivity contribution in [3.05, 3.63) is 11.9 Å². The first-order valence-electron chi connectivity index (χ1n) is 5.03. The van der Waals surface area contributed by atoms with Crippen LogP contribution in [0.4, 0.5) is 0 Å². The van der Waals surface area contributed by atoms with Gasteiger partial charge in [-0.1, -0.05) is 0 Å². The second-order valence-corrected chi connectivity index (χ2v) is 3.07. The molecule has 0 unspecified atom stereocenters. The molecule has 5 nitrogen and oxygen atoms in total. The maximum absolute atomic E-state index is 5.23. The Morgan fingerprint density at radius 1 is 1.14 bits per heavy atom. The van der Waals surface area contributed by atoms with E-state index in [1.807, 2.05) is 14.1 Å². The van der Waals surface area contributed by atoms with Gasteiger partial charge in [0, 0.05) is 31.4 Å². The van der Waals surface area contributed by atoms with Crippen molar-refractivity contribution in [1.82, 2.24) is 21.4 Å². The van der Waals surface area contributed by atoms with Crippen molar-refractivity contribution in [3.63, 3.8) is 0 Å². The first-order chi connectivity index (χ1) is 6.85. The first kappa shape index (κ1) is 13.2. The van der Waals surface area contributed by atoms with Crippen LogP contribution in [0.3, 0.4) is 0 Å². The summed E-state index contributed by atoms with van der Waals surface area (Å²) in [6.07, 6.45) is 3.87. The van der Waals surface area contributed by atoms with Crippen molar-refractivity contribution in [3.8, 4) is 0 Å². The van der Waals surface area contributed by atoms with Crippen LogP contribution >= 0.6 is 0 Å². The second-order valence-electron chi connectivity index (χ2n) is 3.07. The molecule has 0 aliphatic heterocycles. The van der Waals surface area contributed by atoms with E-state index in [2.05, 4.69) is 21.4 Å². The summed E-state index contributed by atoms with van der Waals surface area (Å²) >= 11 is 0. The van der Waals surface area contributed by atoms with Gasteiger partial charge in [-0.05, 0) is 27.1 Å². The van der Waals surface area contributed by atoms with Crippen LogP contribution in [0.1, 0.15) is 12.8 Å². The van der Waals surface area contributed by atoms with Gasteiger partial charge in [0.2, 0.25) is 0 Å². The lowest BCUT2D eigenvalue weighted by Gasteiger charge is -2.10. The van der Waals surface area contributed by atoms with E-state index >= 15 is 0 Å². The van der Waals surface area contributed by atoms with Crippen molar-refractivity contribution in [1.29, 1.82) is 0 Å². The highest BCUT2D eigenvalue weighted by Crippen LogP contribution is 1.93. The van der Waals surface area contributed by atoms with E-state index in [1.54, 1.807) is 6.20 Å². The number of hydrogen-bond donors (Lipinski definition) is 5. The lowest BCUT2D eigenvalue weighted by molar-refractivity contribution is 0.644. The van der Waals surface area contributed by atoms with Crippen molar-refractivity contribution in [2.24, 2.45) is 5.84 Å². The highest BCUT2D eigenvalue weighted by Gasteiger charge is 1.94. The quantitative estimate of drug-likeness (QED) is 0.190. The molecule has 0 aromatic carbocycles. The minimum absolute atomic E-state index is 0.951. The molecule has 5 heteroatoms. The number of hydrogen-bond acceptors (Lipinski definition) is 5. The Balaban J connectivity index is 3.57. The zero-order valence-electron chi connectivity index (χ0n) is 9.19. The molecule has 0 bridgehead atoms. The number of rotatable bonds is 9. The average molecular weight is 201 g/mol. The molecule has 0 aliphatic carbocycles. The summed E-state index contributed by atoms with van der Waals surface area (Å²) in [5.41, 5.74) is 3.69. The van der Waals surface area contributed by atoms with E-state index in [1.165, 1.54) is 0 Å². The fourth-order valence-corrected chi connectivity index (χ4v) is 1.09. The third-order valence-corrected chi connectivity index (χ3v) is 1.86. The molecule has 0 rings (SSSR count). The minimum atomic E-state index is 0.951. The summed E-state index contributed by atoms with van der Waals surface area (Å²) in [4.78, 5) is 0. The van der Waals surface area contributed by atoms with E-state index in [-0.39, 0.29) is 0 Å². The van der Waals surface area contributed by atoms with Gasteiger partial charge >= 0.3 is 0 Å². The monoisotopic (exact) mass is 201 g/mol. The smallest absolute Gasteiger partial charge is 0.0313 e. The van der Waals surface area contributed by atoms with E-state index in [4.69, 9.17) is 5.84 Å². The summed E-state index contributed by atoms with van der Waals surface area (Å²) in [5, 5.41) is 9.53. The fourth-order valence-electron chi connectivity index (χ4n) is 1.09. The molecule has 84 valence electrons. The minimum Gasteiger partial charge on any atom is -0.387 e. The Hall–Kier alpha value is -0.780. The van der Waals surface area contributed by atoms with Crippen molar-refractivity contribution >= 4 is 0 Å². The van der Waals surface area contributed by atoms with Gasteiger partial charge in [-0.15, -0.1) is 0 Å². The Kier molecular flexibility index (Phi) is 9.73. The van der Waals surface area contributed by atoms with E-state index in [0.29, 0.717) is 0 Å². The molecule has 0 spiro atoms. The van der Waals surface area contributed by atoms with Crippen LogP contribution in [0.2, 0.25) is 0 Å². The molecule has 0 aliphatic rings. The lowest BCUT2D eigenvalue weighted by Crippen LogP contribution is -2.25. The first-order valence-corrected chi connectivity index (χ1v) is 5.03. The number of nitrogens with one attached hydrogen (secondary N) is 4. The molecule has 6 N–H and O–H groups in total. The van der Waals surface area contributed by atoms with Crippen LogP contribution in [0.25, 0.3) is 0 Å². The molecule has 0 saturated heterocycles. The second kappa shape index (κ2) is 10.3. The maximum atomic E-state index is 5.23. The van der Waals surface area contributed by atoms with Gasteiger partial charge in [-0.3, -0.25) is 5.84 Å². The maximum Gasteiger partial charge on any atom is 0.0313 e. The van der Waals surface area contributed by atoms with Crippen LogP contribution < -0.4 is 27.2 Å². The predicted molar refractivity (Wildman–Crippen MR) is 60.5 cm³/mol. The van der Waals surface area contributed by atoms with Crippen LogP contribution in [0.5, 0.6) is 0 Å². The summed E-state index contributed by atoms with van der Waals surface area (Å²) in [6, 6.07) is 0. The van der Waals surface area contributed by atoms with E-state index < -0.39 is 0 Å². The average Bonchev–Trinajstić information content (AvgIpc) is 2.20. The van der Waals surface area contributed by atoms with E-state index in [0.717, 1.165) is 38.2 Å². The van der Waals surface area contributed by atoms with Gasteiger partial charge in [-0.2, -0.15) is 0 Å². The van der Waals surface area contributed by atoms with Crippen LogP contribution in [-0.2, 0) is 0 Å². The normalized spacial score (nSPS) is 11.5. The summed E-state index contributed by atoms with van der Waals surface area (Å²) in [5.74, 6) is 5.23. The van der Waals surface area contributed by atoms with Gasteiger partial charge < -0.3 is 21.4 Å². The Morgan fingerprint density at radius 3 is 2.43 bits per heavy atom. The number of nitrogens with two attached hydrogens (primary N) is 1. The topological polar surface area (TPSA) is 74.1 Å². The van der Waals surface area contributed by atoms with Gasteiger partial charge in [0.1, 0.15) is 0 Å². The third kappa shape index (κ3) is 7.85. The van der Waals surface area contributed by atoms with Crippen molar-refractivity contribution in [2.45, 2.75) is 12.8 Å².